The summed E-state index contributed by atoms with van der Waals surface area (Å²) in [6.45, 7) is 0.825. The molecule has 0 saturated carbocycles. The first-order chi connectivity index (χ1) is 8.65. The molecule has 0 unspecified atom stereocenters. The highest BCUT2D eigenvalue weighted by molar-refractivity contribution is 9.10. The number of aromatic carboxylic acids is 1. The molecule has 7 heteroatoms. The Balaban J connectivity index is 1.86. The van der Waals surface area contributed by atoms with Crippen LogP contribution in [0.15, 0.2) is 34.9 Å². The highest BCUT2D eigenvalue weighted by Crippen LogP contribution is 2.17. The third kappa shape index (κ3) is 3.30. The molecule has 94 valence electrons. The Morgan fingerprint density at radius 2 is 2.33 bits per heavy atom. The molecular weight excluding hydrogens is 302 g/mol. The van der Waals surface area contributed by atoms with E-state index in [0.717, 1.165) is 10.2 Å². The second-order valence-electron chi connectivity index (χ2n) is 3.48. The van der Waals surface area contributed by atoms with Gasteiger partial charge in [-0.25, -0.2) is 9.48 Å². The second-order valence-corrected chi connectivity index (χ2v) is 4.39. The fraction of sp³-hybridized carbons (Fsp3) is 0.182. The van der Waals surface area contributed by atoms with Crippen molar-refractivity contribution in [3.63, 3.8) is 0 Å². The Bertz CT molecular complexity index is 556. The molecule has 0 fully saturated rings. The average molecular weight is 312 g/mol. The van der Waals surface area contributed by atoms with Crippen molar-refractivity contribution >= 4 is 21.9 Å². The van der Waals surface area contributed by atoms with Gasteiger partial charge in [0.15, 0.2) is 5.69 Å². The van der Waals surface area contributed by atoms with Gasteiger partial charge in [-0.3, -0.25) is 0 Å². The molecule has 0 aliphatic carbocycles. The summed E-state index contributed by atoms with van der Waals surface area (Å²) in [4.78, 5) is 10.6. The van der Waals surface area contributed by atoms with E-state index in [1.54, 1.807) is 0 Å². The van der Waals surface area contributed by atoms with Gasteiger partial charge in [0.05, 0.1) is 12.7 Å². The van der Waals surface area contributed by atoms with Crippen LogP contribution in [0.2, 0.25) is 0 Å². The topological polar surface area (TPSA) is 77.2 Å². The van der Waals surface area contributed by atoms with Crippen molar-refractivity contribution in [3.8, 4) is 5.75 Å². The summed E-state index contributed by atoms with van der Waals surface area (Å²) in [7, 11) is 0. The minimum atomic E-state index is -1.09. The zero-order chi connectivity index (χ0) is 13.0. The number of rotatable bonds is 5. The van der Waals surface area contributed by atoms with E-state index in [4.69, 9.17) is 9.84 Å². The molecule has 0 aliphatic rings. The van der Waals surface area contributed by atoms with Crippen LogP contribution in [0.25, 0.3) is 0 Å². The summed E-state index contributed by atoms with van der Waals surface area (Å²) in [5, 5.41) is 15.9. The third-order valence-electron chi connectivity index (χ3n) is 2.14. The van der Waals surface area contributed by atoms with E-state index < -0.39 is 5.97 Å². The van der Waals surface area contributed by atoms with Crippen molar-refractivity contribution < 1.29 is 14.6 Å². The van der Waals surface area contributed by atoms with Crippen molar-refractivity contribution in [2.75, 3.05) is 6.61 Å². The lowest BCUT2D eigenvalue weighted by molar-refractivity contribution is 0.0690. The van der Waals surface area contributed by atoms with Gasteiger partial charge in [-0.15, -0.1) is 5.10 Å². The first-order valence-electron chi connectivity index (χ1n) is 5.17. The second kappa shape index (κ2) is 5.63. The predicted octanol–water partition coefficient (Wildman–Crippen LogP) is 1.82. The van der Waals surface area contributed by atoms with Crippen LogP contribution in [-0.2, 0) is 6.54 Å². The zero-order valence-corrected chi connectivity index (χ0v) is 10.9. The van der Waals surface area contributed by atoms with Crippen molar-refractivity contribution in [1.82, 2.24) is 15.0 Å². The Kier molecular flexibility index (Phi) is 3.93. The molecule has 1 N–H and O–H groups in total. The normalized spacial score (nSPS) is 10.3. The van der Waals surface area contributed by atoms with E-state index in [9.17, 15) is 4.79 Å². The number of aromatic nitrogens is 3. The van der Waals surface area contributed by atoms with E-state index in [1.807, 2.05) is 24.3 Å². The van der Waals surface area contributed by atoms with Crippen molar-refractivity contribution in [1.29, 1.82) is 0 Å². The van der Waals surface area contributed by atoms with Crippen molar-refractivity contribution in [3.05, 3.63) is 40.6 Å². The fourth-order valence-corrected chi connectivity index (χ4v) is 1.70. The summed E-state index contributed by atoms with van der Waals surface area (Å²) in [5.74, 6) is -0.350. The van der Waals surface area contributed by atoms with Crippen LogP contribution in [0.1, 0.15) is 10.5 Å². The molecular formula is C11H10BrN3O3. The molecule has 0 aliphatic heterocycles. The summed E-state index contributed by atoms with van der Waals surface area (Å²) in [5.41, 5.74) is -0.0718. The van der Waals surface area contributed by atoms with Crippen molar-refractivity contribution in [2.24, 2.45) is 0 Å². The first kappa shape index (κ1) is 12.6. The maximum Gasteiger partial charge on any atom is 0.358 e. The van der Waals surface area contributed by atoms with Gasteiger partial charge in [-0.1, -0.05) is 27.2 Å². The number of carboxylic acid groups (broad SMARTS) is 1. The number of hydrogen-bond donors (Lipinski definition) is 1. The number of ether oxygens (including phenoxy) is 1. The van der Waals surface area contributed by atoms with Gasteiger partial charge >= 0.3 is 5.97 Å². The van der Waals surface area contributed by atoms with E-state index in [-0.39, 0.29) is 5.69 Å². The molecule has 0 radical (unpaired) electrons. The van der Waals surface area contributed by atoms with Crippen LogP contribution in [0.5, 0.6) is 5.75 Å². The van der Waals surface area contributed by atoms with Gasteiger partial charge in [-0.05, 0) is 18.2 Å². The average Bonchev–Trinajstić information content (AvgIpc) is 2.78. The smallest absolute Gasteiger partial charge is 0.358 e. The molecule has 2 aromatic rings. The Morgan fingerprint density at radius 3 is 3.00 bits per heavy atom. The summed E-state index contributed by atoms with van der Waals surface area (Å²) in [6, 6.07) is 7.47. The predicted molar refractivity (Wildman–Crippen MR) is 66.6 cm³/mol. The van der Waals surface area contributed by atoms with Crippen molar-refractivity contribution in [2.45, 2.75) is 6.54 Å². The molecule has 0 bridgehead atoms. The highest BCUT2D eigenvalue weighted by atomic mass is 79.9. The summed E-state index contributed by atoms with van der Waals surface area (Å²) >= 11 is 3.35. The number of halogens is 1. The van der Waals surface area contributed by atoms with Crippen LogP contribution >= 0.6 is 15.9 Å². The Morgan fingerprint density at radius 1 is 1.50 bits per heavy atom. The van der Waals surface area contributed by atoms with Crippen LogP contribution in [0, 0.1) is 0 Å². The summed E-state index contributed by atoms with van der Waals surface area (Å²) in [6.07, 6.45) is 1.37. The lowest BCUT2D eigenvalue weighted by atomic mass is 10.3. The van der Waals surface area contributed by atoms with Crippen LogP contribution in [-0.4, -0.2) is 32.7 Å². The fourth-order valence-electron chi connectivity index (χ4n) is 1.32. The number of hydrogen-bond acceptors (Lipinski definition) is 4. The molecule has 18 heavy (non-hydrogen) atoms. The van der Waals surface area contributed by atoms with Crippen LogP contribution in [0.3, 0.4) is 0 Å². The molecule has 1 aromatic heterocycles. The molecule has 0 amide bonds. The van der Waals surface area contributed by atoms with Gasteiger partial charge in [0, 0.05) is 4.47 Å². The maximum absolute atomic E-state index is 10.6. The molecule has 0 saturated heterocycles. The van der Waals surface area contributed by atoms with Crippen LogP contribution < -0.4 is 4.74 Å². The highest BCUT2D eigenvalue weighted by Gasteiger charge is 2.07. The molecule has 1 aromatic carbocycles. The largest absolute Gasteiger partial charge is 0.492 e. The van der Waals surface area contributed by atoms with E-state index in [0.29, 0.717) is 13.2 Å². The number of carbonyl (C=O) groups is 1. The number of benzene rings is 1. The Labute approximate surface area is 111 Å². The first-order valence-corrected chi connectivity index (χ1v) is 5.96. The molecule has 0 spiro atoms. The zero-order valence-electron chi connectivity index (χ0n) is 9.28. The van der Waals surface area contributed by atoms with E-state index in [1.165, 1.54) is 10.9 Å². The number of carboxylic acids is 1. The van der Waals surface area contributed by atoms with Gasteiger partial charge in [0.2, 0.25) is 0 Å². The van der Waals surface area contributed by atoms with E-state index in [2.05, 4.69) is 26.2 Å². The molecule has 1 heterocycles. The van der Waals surface area contributed by atoms with Gasteiger partial charge in [0.25, 0.3) is 0 Å². The third-order valence-corrected chi connectivity index (χ3v) is 2.64. The van der Waals surface area contributed by atoms with Gasteiger partial charge < -0.3 is 9.84 Å². The molecule has 6 nitrogen and oxygen atoms in total. The minimum Gasteiger partial charge on any atom is -0.492 e. The van der Waals surface area contributed by atoms with Crippen LogP contribution in [0.4, 0.5) is 0 Å². The quantitative estimate of drug-likeness (QED) is 0.911. The minimum absolute atomic E-state index is 0.0718. The van der Waals surface area contributed by atoms with Gasteiger partial charge in [-0.2, -0.15) is 0 Å². The maximum atomic E-state index is 10.6. The van der Waals surface area contributed by atoms with E-state index >= 15 is 0 Å². The standard InChI is InChI=1S/C11H10BrN3O3/c12-8-2-1-3-9(6-8)18-5-4-15-7-10(11(16)17)13-14-15/h1-3,6-7H,4-5H2,(H,16,17). The summed E-state index contributed by atoms with van der Waals surface area (Å²) < 4.78 is 7.87. The van der Waals surface area contributed by atoms with Gasteiger partial charge in [0.1, 0.15) is 12.4 Å². The Hall–Kier alpha value is -1.89. The lowest BCUT2D eigenvalue weighted by Crippen LogP contribution is -2.08. The lowest BCUT2D eigenvalue weighted by Gasteiger charge is -2.05. The number of nitrogens with zero attached hydrogens (tertiary/aromatic N) is 3. The molecule has 0 atom stereocenters. The molecule has 2 rings (SSSR count). The SMILES string of the molecule is O=C(O)c1cn(CCOc2cccc(Br)c2)nn1. The monoisotopic (exact) mass is 311 g/mol.